The molecule has 1 aliphatic rings. The third kappa shape index (κ3) is 7.99. The summed E-state index contributed by atoms with van der Waals surface area (Å²) in [6, 6.07) is 11.4. The summed E-state index contributed by atoms with van der Waals surface area (Å²) in [5.74, 6) is 0.134. The molecule has 10 heteroatoms. The Morgan fingerprint density at radius 2 is 2.03 bits per heavy atom. The maximum Gasteiger partial charge on any atom is 0.401 e. The van der Waals surface area contributed by atoms with E-state index in [1.54, 1.807) is 24.1 Å². The van der Waals surface area contributed by atoms with Crippen LogP contribution < -0.4 is 15.5 Å². The number of carbonyl (C=O) groups excluding carboxylic acids is 1. The third-order valence-electron chi connectivity index (χ3n) is 5.53. The van der Waals surface area contributed by atoms with Crippen LogP contribution in [0.5, 0.6) is 0 Å². The molecular formula is C23H30F3N5O2. The van der Waals surface area contributed by atoms with Gasteiger partial charge in [0.2, 0.25) is 0 Å². The Hall–Kier alpha value is -2.69. The number of hydrogen-bond donors (Lipinski definition) is 3. The first-order chi connectivity index (χ1) is 15.7. The zero-order chi connectivity index (χ0) is 23.8. The van der Waals surface area contributed by atoms with Gasteiger partial charge in [-0.05, 0) is 29.7 Å². The fraction of sp³-hybridized carbons (Fsp3) is 0.478. The van der Waals surface area contributed by atoms with E-state index in [9.17, 15) is 23.1 Å². The lowest BCUT2D eigenvalue weighted by molar-refractivity contribution is -0.124. The number of pyridine rings is 1. The molecule has 33 heavy (non-hydrogen) atoms. The quantitative estimate of drug-likeness (QED) is 0.465. The van der Waals surface area contributed by atoms with Crippen LogP contribution in [0.2, 0.25) is 0 Å². The topological polar surface area (TPSA) is 80.7 Å². The lowest BCUT2D eigenvalue weighted by Gasteiger charge is -2.30. The van der Waals surface area contributed by atoms with E-state index in [1.165, 1.54) is 17.3 Å². The van der Waals surface area contributed by atoms with E-state index in [-0.39, 0.29) is 19.0 Å². The number of carbonyl (C=O) groups is 1. The van der Waals surface area contributed by atoms with Crippen LogP contribution in [0, 0.1) is 0 Å². The van der Waals surface area contributed by atoms with E-state index in [0.717, 1.165) is 19.5 Å². The van der Waals surface area contributed by atoms with Crippen LogP contribution in [0.4, 0.5) is 19.0 Å². The fourth-order valence-corrected chi connectivity index (χ4v) is 3.74. The van der Waals surface area contributed by atoms with Crippen LogP contribution in [0.1, 0.15) is 21.5 Å². The molecule has 0 bridgehead atoms. The minimum atomic E-state index is -4.25. The number of alkyl halides is 3. The predicted octanol–water partition coefficient (Wildman–Crippen LogP) is 1.82. The highest BCUT2D eigenvalue weighted by atomic mass is 19.4. The molecule has 0 fully saturated rings. The number of aliphatic hydroxyl groups is 1. The number of benzene rings is 1. The lowest BCUT2D eigenvalue weighted by Crippen LogP contribution is -2.42. The van der Waals surface area contributed by atoms with E-state index in [4.69, 9.17) is 0 Å². The van der Waals surface area contributed by atoms with E-state index >= 15 is 0 Å². The summed E-state index contributed by atoms with van der Waals surface area (Å²) in [5, 5.41) is 15.5. The van der Waals surface area contributed by atoms with Crippen LogP contribution in [0.15, 0.2) is 42.6 Å². The van der Waals surface area contributed by atoms with Crippen LogP contribution in [-0.4, -0.2) is 79.5 Å². The summed E-state index contributed by atoms with van der Waals surface area (Å²) in [6.07, 6.45) is -2.54. The number of anilines is 1. The van der Waals surface area contributed by atoms with Crippen LogP contribution in [0.25, 0.3) is 0 Å². The molecule has 2 heterocycles. The molecule has 1 amide bonds. The number of aliphatic hydroxyl groups excluding tert-OH is 1. The maximum absolute atomic E-state index is 12.5. The smallest absolute Gasteiger partial charge is 0.390 e. The highest BCUT2D eigenvalue weighted by Crippen LogP contribution is 2.18. The SMILES string of the molecule is CN(CCNCC(F)(F)F)c1cc(C(=O)NCC(O)CN2CCc3ccccc3C2)ccn1. The van der Waals surface area contributed by atoms with Gasteiger partial charge in [0.15, 0.2) is 0 Å². The van der Waals surface area contributed by atoms with Crippen molar-refractivity contribution >= 4 is 11.7 Å². The molecule has 1 aromatic carbocycles. The van der Waals surface area contributed by atoms with Gasteiger partial charge < -0.3 is 20.6 Å². The molecule has 2 aromatic rings. The largest absolute Gasteiger partial charge is 0.401 e. The van der Waals surface area contributed by atoms with Crippen molar-refractivity contribution in [1.82, 2.24) is 20.5 Å². The van der Waals surface area contributed by atoms with Gasteiger partial charge in [-0.1, -0.05) is 24.3 Å². The van der Waals surface area contributed by atoms with Crippen molar-refractivity contribution in [2.24, 2.45) is 0 Å². The monoisotopic (exact) mass is 465 g/mol. The van der Waals surface area contributed by atoms with E-state index in [1.807, 2.05) is 12.1 Å². The minimum Gasteiger partial charge on any atom is -0.390 e. The molecule has 3 rings (SSSR count). The van der Waals surface area contributed by atoms with Crippen molar-refractivity contribution in [1.29, 1.82) is 0 Å². The van der Waals surface area contributed by atoms with E-state index < -0.39 is 18.8 Å². The van der Waals surface area contributed by atoms with Gasteiger partial charge in [0, 0.05) is 58.1 Å². The van der Waals surface area contributed by atoms with Crippen molar-refractivity contribution in [3.8, 4) is 0 Å². The molecule has 0 saturated carbocycles. The first kappa shape index (κ1) is 24.9. The number of fused-ring (bicyclic) bond motifs is 1. The van der Waals surface area contributed by atoms with Gasteiger partial charge in [-0.15, -0.1) is 0 Å². The summed E-state index contributed by atoms with van der Waals surface area (Å²) in [6.45, 7) is 1.59. The molecule has 1 aromatic heterocycles. The highest BCUT2D eigenvalue weighted by Gasteiger charge is 2.26. The molecule has 0 aliphatic carbocycles. The Morgan fingerprint density at radius 1 is 1.27 bits per heavy atom. The molecule has 0 saturated heterocycles. The summed E-state index contributed by atoms with van der Waals surface area (Å²) >= 11 is 0. The highest BCUT2D eigenvalue weighted by molar-refractivity contribution is 5.94. The molecule has 0 radical (unpaired) electrons. The van der Waals surface area contributed by atoms with Gasteiger partial charge in [0.25, 0.3) is 5.91 Å². The Kier molecular flexibility index (Phi) is 8.65. The summed E-state index contributed by atoms with van der Waals surface area (Å²) in [7, 11) is 1.69. The van der Waals surface area contributed by atoms with E-state index in [2.05, 4.69) is 32.7 Å². The van der Waals surface area contributed by atoms with Crippen LogP contribution in [0.3, 0.4) is 0 Å². The lowest BCUT2D eigenvalue weighted by atomic mass is 10.00. The normalized spacial score (nSPS) is 15.1. The van der Waals surface area contributed by atoms with Crippen molar-refractivity contribution in [3.05, 3.63) is 59.3 Å². The predicted molar refractivity (Wildman–Crippen MR) is 120 cm³/mol. The van der Waals surface area contributed by atoms with Crippen LogP contribution in [-0.2, 0) is 13.0 Å². The summed E-state index contributed by atoms with van der Waals surface area (Å²) in [5.41, 5.74) is 2.97. The van der Waals surface area contributed by atoms with Gasteiger partial charge in [0.1, 0.15) is 5.82 Å². The minimum absolute atomic E-state index is 0.117. The maximum atomic E-state index is 12.5. The molecule has 1 aliphatic heterocycles. The Labute approximate surface area is 191 Å². The standard InChI is InChI=1S/C23H30F3N5O2/c1-30(11-9-27-16-23(24,25)26)21-12-18(6-8-28-21)22(33)29-13-20(32)15-31-10-7-17-4-2-3-5-19(17)14-31/h2-6,8,12,20,27,32H,7,9-11,13-16H2,1H3,(H,29,33). The number of rotatable bonds is 10. The zero-order valence-electron chi connectivity index (χ0n) is 18.6. The molecule has 1 atom stereocenters. The number of β-amino-alcohol motifs (C(OH)–C–C–N with tert-alkyl or cyclic N) is 1. The van der Waals surface area contributed by atoms with Crippen molar-refractivity contribution in [2.45, 2.75) is 25.2 Å². The van der Waals surface area contributed by atoms with Gasteiger partial charge in [-0.3, -0.25) is 9.69 Å². The second-order valence-electron chi connectivity index (χ2n) is 8.23. The number of hydrogen-bond acceptors (Lipinski definition) is 6. The Morgan fingerprint density at radius 3 is 2.79 bits per heavy atom. The van der Waals surface area contributed by atoms with Crippen LogP contribution >= 0.6 is 0 Å². The fourth-order valence-electron chi connectivity index (χ4n) is 3.74. The second kappa shape index (κ2) is 11.4. The molecule has 3 N–H and O–H groups in total. The van der Waals surface area contributed by atoms with Gasteiger partial charge in [-0.2, -0.15) is 13.2 Å². The number of nitrogens with zero attached hydrogens (tertiary/aromatic N) is 3. The molecule has 180 valence electrons. The number of nitrogens with one attached hydrogen (secondary N) is 2. The summed E-state index contributed by atoms with van der Waals surface area (Å²) in [4.78, 5) is 20.6. The van der Waals surface area contributed by atoms with Gasteiger partial charge >= 0.3 is 6.18 Å². The molecular weight excluding hydrogens is 435 g/mol. The molecule has 1 unspecified atom stereocenters. The van der Waals surface area contributed by atoms with Crippen molar-refractivity contribution < 1.29 is 23.1 Å². The van der Waals surface area contributed by atoms with E-state index in [0.29, 0.717) is 24.5 Å². The first-order valence-corrected chi connectivity index (χ1v) is 10.9. The van der Waals surface area contributed by atoms with Crippen molar-refractivity contribution in [2.75, 3.05) is 51.2 Å². The number of halogens is 3. The molecule has 7 nitrogen and oxygen atoms in total. The average Bonchev–Trinajstić information content (AvgIpc) is 2.79. The third-order valence-corrected chi connectivity index (χ3v) is 5.53. The second-order valence-corrected chi connectivity index (χ2v) is 8.23. The summed E-state index contributed by atoms with van der Waals surface area (Å²) < 4.78 is 36.6. The van der Waals surface area contributed by atoms with Gasteiger partial charge in [0.05, 0.1) is 12.6 Å². The Bertz CT molecular complexity index is 925. The number of likely N-dealkylation sites (N-methyl/N-ethyl adjacent to an activating group) is 1. The first-order valence-electron chi connectivity index (χ1n) is 10.9. The number of amides is 1. The number of aromatic nitrogens is 1. The zero-order valence-corrected chi connectivity index (χ0v) is 18.6. The van der Waals surface area contributed by atoms with Gasteiger partial charge in [-0.25, -0.2) is 4.98 Å². The van der Waals surface area contributed by atoms with Crippen molar-refractivity contribution in [3.63, 3.8) is 0 Å². The Balaban J connectivity index is 1.43. The average molecular weight is 466 g/mol. The molecule has 0 spiro atoms.